The fraction of sp³-hybridized carbons (Fsp3) is 0.316. The summed E-state index contributed by atoms with van der Waals surface area (Å²) in [5, 5.41) is 3.51. The Balaban J connectivity index is 1.85. The summed E-state index contributed by atoms with van der Waals surface area (Å²) in [6.07, 6.45) is 0. The van der Waals surface area contributed by atoms with E-state index in [4.69, 9.17) is 21.1 Å². The number of amides is 1. The second kappa shape index (κ2) is 9.59. The van der Waals surface area contributed by atoms with Crippen LogP contribution in [-0.2, 0) is 17.1 Å². The number of methoxy groups -OCH3 is 2. The molecule has 2 aromatic rings. The smallest absolute Gasteiger partial charge is 0.233 e. The molecule has 0 radical (unpaired) electrons. The molecular weight excluding hydrogens is 358 g/mol. The fourth-order valence-electron chi connectivity index (χ4n) is 2.25. The van der Waals surface area contributed by atoms with Crippen LogP contribution in [0.2, 0.25) is 5.02 Å². The van der Waals surface area contributed by atoms with Gasteiger partial charge in [-0.3, -0.25) is 4.79 Å². The number of nitrogens with one attached hydrogen (secondary N) is 1. The summed E-state index contributed by atoms with van der Waals surface area (Å²) in [6, 6.07) is 13.3. The minimum atomic E-state index is -0.154. The van der Waals surface area contributed by atoms with Crippen LogP contribution in [0.4, 0.5) is 0 Å². The van der Waals surface area contributed by atoms with Crippen molar-refractivity contribution in [2.75, 3.05) is 14.2 Å². The second-order valence-corrected chi connectivity index (χ2v) is 7.26. The van der Waals surface area contributed by atoms with Gasteiger partial charge in [-0.25, -0.2) is 0 Å². The summed E-state index contributed by atoms with van der Waals surface area (Å²) < 4.78 is 10.5. The lowest BCUT2D eigenvalue weighted by atomic mass is 10.2. The van der Waals surface area contributed by atoms with Crippen LogP contribution in [0.25, 0.3) is 0 Å². The van der Waals surface area contributed by atoms with Gasteiger partial charge in [-0.1, -0.05) is 29.8 Å². The third-order valence-electron chi connectivity index (χ3n) is 3.67. The molecule has 0 saturated carbocycles. The van der Waals surface area contributed by atoms with Gasteiger partial charge in [-0.15, -0.1) is 11.8 Å². The molecule has 1 unspecified atom stereocenters. The molecule has 0 saturated heterocycles. The molecule has 0 aromatic heterocycles. The van der Waals surface area contributed by atoms with Gasteiger partial charge in [-0.05, 0) is 42.3 Å². The van der Waals surface area contributed by atoms with E-state index in [9.17, 15) is 4.79 Å². The average Bonchev–Trinajstić information content (AvgIpc) is 2.63. The zero-order valence-corrected chi connectivity index (χ0v) is 16.1. The van der Waals surface area contributed by atoms with Crippen LogP contribution in [0, 0.1) is 0 Å². The highest BCUT2D eigenvalue weighted by molar-refractivity contribution is 7.99. The number of thioether (sulfide) groups is 1. The van der Waals surface area contributed by atoms with Gasteiger partial charge in [0.1, 0.15) is 0 Å². The normalized spacial score (nSPS) is 11.7. The predicted octanol–water partition coefficient (Wildman–Crippen LogP) is 4.30. The van der Waals surface area contributed by atoms with Crippen molar-refractivity contribution in [3.63, 3.8) is 0 Å². The van der Waals surface area contributed by atoms with Crippen molar-refractivity contribution < 1.29 is 14.3 Å². The fourth-order valence-corrected chi connectivity index (χ4v) is 3.32. The molecule has 2 aromatic carbocycles. The largest absolute Gasteiger partial charge is 0.493 e. The number of benzene rings is 2. The van der Waals surface area contributed by atoms with Crippen LogP contribution in [0.1, 0.15) is 18.1 Å². The highest BCUT2D eigenvalue weighted by Crippen LogP contribution is 2.27. The van der Waals surface area contributed by atoms with Crippen LogP contribution in [0.3, 0.4) is 0 Å². The topological polar surface area (TPSA) is 47.6 Å². The van der Waals surface area contributed by atoms with Crippen molar-refractivity contribution >= 4 is 29.3 Å². The lowest BCUT2D eigenvalue weighted by molar-refractivity contribution is -0.120. The Labute approximate surface area is 157 Å². The Morgan fingerprint density at radius 2 is 1.88 bits per heavy atom. The Bertz CT molecular complexity index is 724. The summed E-state index contributed by atoms with van der Waals surface area (Å²) in [5.41, 5.74) is 2.06. The molecular formula is C19H22ClNO3S. The van der Waals surface area contributed by atoms with Crippen molar-refractivity contribution in [2.24, 2.45) is 0 Å². The third kappa shape index (κ3) is 5.87. The number of carbonyl (C=O) groups excluding carboxylic acids is 1. The monoisotopic (exact) mass is 379 g/mol. The number of ether oxygens (including phenoxy) is 2. The summed E-state index contributed by atoms with van der Waals surface area (Å²) in [6.45, 7) is 2.35. The highest BCUT2D eigenvalue weighted by Gasteiger charge is 2.14. The van der Waals surface area contributed by atoms with Gasteiger partial charge in [0.05, 0.1) is 19.5 Å². The molecule has 0 aliphatic carbocycles. The molecule has 0 heterocycles. The molecule has 1 N–H and O–H groups in total. The first kappa shape index (κ1) is 19.5. The van der Waals surface area contributed by atoms with E-state index >= 15 is 0 Å². The van der Waals surface area contributed by atoms with Gasteiger partial charge in [0.25, 0.3) is 0 Å². The number of hydrogen-bond acceptors (Lipinski definition) is 4. The van der Waals surface area contributed by atoms with Gasteiger partial charge >= 0.3 is 0 Å². The number of carbonyl (C=O) groups is 1. The molecule has 1 amide bonds. The lowest BCUT2D eigenvalue weighted by Gasteiger charge is -2.13. The van der Waals surface area contributed by atoms with Gasteiger partial charge in [0.15, 0.2) is 11.5 Å². The van der Waals surface area contributed by atoms with E-state index < -0.39 is 0 Å². The minimum Gasteiger partial charge on any atom is -0.493 e. The maximum Gasteiger partial charge on any atom is 0.233 e. The first-order valence-corrected chi connectivity index (χ1v) is 9.31. The SMILES string of the molecule is COc1ccc(CNC(=O)C(C)SCc2cccc(Cl)c2)cc1OC. The highest BCUT2D eigenvalue weighted by atomic mass is 35.5. The number of halogens is 1. The molecule has 2 rings (SSSR count). The van der Waals surface area contributed by atoms with Gasteiger partial charge in [-0.2, -0.15) is 0 Å². The van der Waals surface area contributed by atoms with Crippen molar-refractivity contribution in [2.45, 2.75) is 24.5 Å². The standard InChI is InChI=1S/C19H22ClNO3S/c1-13(25-12-15-5-4-6-16(20)9-15)19(22)21-11-14-7-8-17(23-2)18(10-14)24-3/h4-10,13H,11-12H2,1-3H3,(H,21,22). The second-order valence-electron chi connectivity index (χ2n) is 5.49. The van der Waals surface area contributed by atoms with Crippen LogP contribution in [0.5, 0.6) is 11.5 Å². The Kier molecular flexibility index (Phi) is 7.47. The summed E-state index contributed by atoms with van der Waals surface area (Å²) in [4.78, 5) is 12.3. The predicted molar refractivity (Wildman–Crippen MR) is 104 cm³/mol. The van der Waals surface area contributed by atoms with Crippen LogP contribution < -0.4 is 14.8 Å². The molecule has 0 bridgehead atoms. The molecule has 0 fully saturated rings. The third-order valence-corrected chi connectivity index (χ3v) is 5.12. The van der Waals surface area contributed by atoms with Crippen LogP contribution in [0.15, 0.2) is 42.5 Å². The van der Waals surface area contributed by atoms with Crippen LogP contribution in [-0.4, -0.2) is 25.4 Å². The molecule has 1 atom stereocenters. The Hall–Kier alpha value is -1.85. The Morgan fingerprint density at radius 3 is 2.56 bits per heavy atom. The zero-order valence-electron chi connectivity index (χ0n) is 14.5. The first-order chi connectivity index (χ1) is 12.0. The maximum atomic E-state index is 12.3. The van der Waals surface area contributed by atoms with Crippen molar-refractivity contribution in [1.82, 2.24) is 5.32 Å². The van der Waals surface area contributed by atoms with Gasteiger partial charge < -0.3 is 14.8 Å². The number of hydrogen-bond donors (Lipinski definition) is 1. The Morgan fingerprint density at radius 1 is 1.12 bits per heavy atom. The van der Waals surface area contributed by atoms with Crippen LogP contribution >= 0.6 is 23.4 Å². The molecule has 134 valence electrons. The van der Waals surface area contributed by atoms with Gasteiger partial charge in [0.2, 0.25) is 5.91 Å². The van der Waals surface area contributed by atoms with E-state index in [1.54, 1.807) is 26.0 Å². The molecule has 0 aliphatic heterocycles. The first-order valence-electron chi connectivity index (χ1n) is 7.88. The van der Waals surface area contributed by atoms with Crippen molar-refractivity contribution in [3.8, 4) is 11.5 Å². The van der Waals surface area contributed by atoms with Gasteiger partial charge in [0, 0.05) is 17.3 Å². The minimum absolute atomic E-state index is 0.00168. The van der Waals surface area contributed by atoms with Crippen molar-refractivity contribution in [3.05, 3.63) is 58.6 Å². The maximum absolute atomic E-state index is 12.3. The van der Waals surface area contributed by atoms with E-state index in [-0.39, 0.29) is 11.2 Å². The molecule has 25 heavy (non-hydrogen) atoms. The molecule has 0 spiro atoms. The summed E-state index contributed by atoms with van der Waals surface area (Å²) >= 11 is 7.56. The van der Waals surface area contributed by atoms with E-state index in [2.05, 4.69) is 5.32 Å². The summed E-state index contributed by atoms with van der Waals surface area (Å²) in [7, 11) is 3.19. The van der Waals surface area contributed by atoms with E-state index in [1.807, 2.05) is 49.4 Å². The average molecular weight is 380 g/mol. The van der Waals surface area contributed by atoms with E-state index in [0.717, 1.165) is 16.9 Å². The summed E-state index contributed by atoms with van der Waals surface area (Å²) in [5.74, 6) is 2.06. The van der Waals surface area contributed by atoms with E-state index in [1.165, 1.54) is 0 Å². The molecule has 4 nitrogen and oxygen atoms in total. The molecule has 0 aliphatic rings. The van der Waals surface area contributed by atoms with Crippen molar-refractivity contribution in [1.29, 1.82) is 0 Å². The van der Waals surface area contributed by atoms with E-state index in [0.29, 0.717) is 23.1 Å². The lowest BCUT2D eigenvalue weighted by Crippen LogP contribution is -2.30. The zero-order chi connectivity index (χ0) is 18.2. The quantitative estimate of drug-likeness (QED) is 0.743. The number of rotatable bonds is 8. The molecule has 6 heteroatoms.